The Labute approximate surface area is 99.0 Å². The largest absolute Gasteiger partial charge is 0.390 e. The zero-order chi connectivity index (χ0) is 11.6. The standard InChI is InChI=1S/C12H26N2O2/c1-2-16-9-5-6-13-10-12(15)11-14-7-3-4-8-14/h12-13,15H,2-11H2,1H3. The van der Waals surface area contributed by atoms with E-state index in [1.807, 2.05) is 6.92 Å². The van der Waals surface area contributed by atoms with Crippen LogP contribution in [0.15, 0.2) is 0 Å². The lowest BCUT2D eigenvalue weighted by Gasteiger charge is -2.19. The van der Waals surface area contributed by atoms with Crippen molar-refractivity contribution in [2.24, 2.45) is 0 Å². The fraction of sp³-hybridized carbons (Fsp3) is 1.00. The molecule has 1 aliphatic heterocycles. The molecule has 4 nitrogen and oxygen atoms in total. The van der Waals surface area contributed by atoms with E-state index in [-0.39, 0.29) is 6.10 Å². The van der Waals surface area contributed by atoms with E-state index >= 15 is 0 Å². The van der Waals surface area contributed by atoms with Crippen LogP contribution >= 0.6 is 0 Å². The van der Waals surface area contributed by atoms with E-state index in [0.717, 1.165) is 45.8 Å². The van der Waals surface area contributed by atoms with Crippen molar-refractivity contribution in [1.82, 2.24) is 10.2 Å². The van der Waals surface area contributed by atoms with Gasteiger partial charge in [-0.15, -0.1) is 0 Å². The summed E-state index contributed by atoms with van der Waals surface area (Å²) in [5.74, 6) is 0. The summed E-state index contributed by atoms with van der Waals surface area (Å²) in [5, 5.41) is 13.0. The number of hydrogen-bond acceptors (Lipinski definition) is 4. The molecule has 0 aliphatic carbocycles. The van der Waals surface area contributed by atoms with Crippen molar-refractivity contribution in [1.29, 1.82) is 0 Å². The number of aliphatic hydroxyl groups excluding tert-OH is 1. The third-order valence-corrected chi connectivity index (χ3v) is 2.89. The third-order valence-electron chi connectivity index (χ3n) is 2.89. The van der Waals surface area contributed by atoms with Gasteiger partial charge in [0.2, 0.25) is 0 Å². The van der Waals surface area contributed by atoms with Gasteiger partial charge in [-0.3, -0.25) is 0 Å². The first-order chi connectivity index (χ1) is 7.83. The van der Waals surface area contributed by atoms with Crippen LogP contribution in [0.25, 0.3) is 0 Å². The molecule has 2 N–H and O–H groups in total. The molecule has 16 heavy (non-hydrogen) atoms. The first-order valence-electron chi connectivity index (χ1n) is 6.51. The molecule has 0 amide bonds. The Morgan fingerprint density at radius 2 is 2.12 bits per heavy atom. The van der Waals surface area contributed by atoms with E-state index in [9.17, 15) is 5.11 Å². The predicted octanol–water partition coefficient (Wildman–Crippen LogP) is 0.459. The number of ether oxygens (including phenoxy) is 1. The van der Waals surface area contributed by atoms with Crippen LogP contribution in [0.4, 0.5) is 0 Å². The summed E-state index contributed by atoms with van der Waals surface area (Å²) in [6, 6.07) is 0. The Morgan fingerprint density at radius 1 is 1.38 bits per heavy atom. The van der Waals surface area contributed by atoms with Gasteiger partial charge in [-0.1, -0.05) is 0 Å². The summed E-state index contributed by atoms with van der Waals surface area (Å²) in [4.78, 5) is 2.34. The van der Waals surface area contributed by atoms with Gasteiger partial charge in [0.05, 0.1) is 6.10 Å². The molecule has 1 fully saturated rings. The highest BCUT2D eigenvalue weighted by Gasteiger charge is 2.14. The Morgan fingerprint density at radius 3 is 2.81 bits per heavy atom. The van der Waals surface area contributed by atoms with Crippen LogP contribution in [0.2, 0.25) is 0 Å². The molecule has 0 aromatic rings. The van der Waals surface area contributed by atoms with Gasteiger partial charge in [0.15, 0.2) is 0 Å². The second-order valence-corrected chi connectivity index (χ2v) is 4.42. The molecule has 0 aromatic heterocycles. The minimum absolute atomic E-state index is 0.231. The number of likely N-dealkylation sites (tertiary alicyclic amines) is 1. The van der Waals surface area contributed by atoms with Gasteiger partial charge in [0.25, 0.3) is 0 Å². The Hall–Kier alpha value is -0.160. The van der Waals surface area contributed by atoms with Crippen LogP contribution in [0.1, 0.15) is 26.2 Å². The van der Waals surface area contributed by atoms with E-state index in [0.29, 0.717) is 6.54 Å². The Balaban J connectivity index is 1.87. The molecule has 0 saturated carbocycles. The van der Waals surface area contributed by atoms with Gasteiger partial charge in [0, 0.05) is 26.3 Å². The van der Waals surface area contributed by atoms with Crippen LogP contribution < -0.4 is 5.32 Å². The SMILES string of the molecule is CCOCCCNCC(O)CN1CCCC1. The topological polar surface area (TPSA) is 44.7 Å². The van der Waals surface area contributed by atoms with Crippen molar-refractivity contribution in [2.75, 3.05) is 45.9 Å². The van der Waals surface area contributed by atoms with Crippen molar-refractivity contribution in [3.05, 3.63) is 0 Å². The predicted molar refractivity (Wildman–Crippen MR) is 65.7 cm³/mol. The van der Waals surface area contributed by atoms with Crippen molar-refractivity contribution in [2.45, 2.75) is 32.3 Å². The minimum atomic E-state index is -0.231. The van der Waals surface area contributed by atoms with Gasteiger partial charge in [0.1, 0.15) is 0 Å². The quantitative estimate of drug-likeness (QED) is 0.565. The molecule has 0 aromatic carbocycles. The summed E-state index contributed by atoms with van der Waals surface area (Å²) in [7, 11) is 0. The molecule has 1 unspecified atom stereocenters. The van der Waals surface area contributed by atoms with Gasteiger partial charge in [-0.05, 0) is 45.8 Å². The van der Waals surface area contributed by atoms with E-state index in [1.165, 1.54) is 12.8 Å². The van der Waals surface area contributed by atoms with E-state index in [4.69, 9.17) is 4.74 Å². The van der Waals surface area contributed by atoms with E-state index < -0.39 is 0 Å². The van der Waals surface area contributed by atoms with Gasteiger partial charge < -0.3 is 20.1 Å². The maximum absolute atomic E-state index is 9.78. The van der Waals surface area contributed by atoms with Crippen molar-refractivity contribution in [3.8, 4) is 0 Å². The zero-order valence-electron chi connectivity index (χ0n) is 10.5. The molecule has 1 saturated heterocycles. The third kappa shape index (κ3) is 6.43. The van der Waals surface area contributed by atoms with Crippen LogP contribution in [0.5, 0.6) is 0 Å². The Bertz CT molecular complexity index is 161. The summed E-state index contributed by atoms with van der Waals surface area (Å²) >= 11 is 0. The lowest BCUT2D eigenvalue weighted by molar-refractivity contribution is 0.119. The highest BCUT2D eigenvalue weighted by molar-refractivity contribution is 4.71. The lowest BCUT2D eigenvalue weighted by Crippen LogP contribution is -2.37. The number of hydrogen-bond donors (Lipinski definition) is 2. The maximum Gasteiger partial charge on any atom is 0.0791 e. The fourth-order valence-corrected chi connectivity index (χ4v) is 2.04. The van der Waals surface area contributed by atoms with Crippen LogP contribution in [-0.2, 0) is 4.74 Å². The van der Waals surface area contributed by atoms with Crippen molar-refractivity contribution >= 4 is 0 Å². The lowest BCUT2D eigenvalue weighted by atomic mass is 10.3. The summed E-state index contributed by atoms with van der Waals surface area (Å²) in [6.45, 7) is 8.36. The van der Waals surface area contributed by atoms with Gasteiger partial charge in [-0.25, -0.2) is 0 Å². The molecule has 1 aliphatic rings. The average molecular weight is 230 g/mol. The summed E-state index contributed by atoms with van der Waals surface area (Å²) < 4.78 is 5.24. The number of aliphatic hydroxyl groups is 1. The van der Waals surface area contributed by atoms with Crippen LogP contribution in [-0.4, -0.2) is 62.0 Å². The molecular formula is C12H26N2O2. The number of β-amino-alcohol motifs (C(OH)–C–C–N with tert-alkyl or cyclic N) is 1. The van der Waals surface area contributed by atoms with Gasteiger partial charge >= 0.3 is 0 Å². The molecule has 4 heteroatoms. The molecule has 0 spiro atoms. The molecule has 0 bridgehead atoms. The molecule has 0 radical (unpaired) electrons. The van der Waals surface area contributed by atoms with Crippen LogP contribution in [0, 0.1) is 0 Å². The monoisotopic (exact) mass is 230 g/mol. The second-order valence-electron chi connectivity index (χ2n) is 4.42. The summed E-state index contributed by atoms with van der Waals surface area (Å²) in [5.41, 5.74) is 0. The number of nitrogens with one attached hydrogen (secondary N) is 1. The number of rotatable bonds is 9. The molecule has 1 heterocycles. The first-order valence-corrected chi connectivity index (χ1v) is 6.51. The van der Waals surface area contributed by atoms with Crippen LogP contribution in [0.3, 0.4) is 0 Å². The molecular weight excluding hydrogens is 204 g/mol. The summed E-state index contributed by atoms with van der Waals surface area (Å²) in [6.07, 6.45) is 3.36. The normalized spacial score (nSPS) is 19.1. The first kappa shape index (κ1) is 13.9. The van der Waals surface area contributed by atoms with Crippen molar-refractivity contribution in [3.63, 3.8) is 0 Å². The number of nitrogens with zero attached hydrogens (tertiary/aromatic N) is 1. The molecule has 1 atom stereocenters. The van der Waals surface area contributed by atoms with Crippen molar-refractivity contribution < 1.29 is 9.84 Å². The maximum atomic E-state index is 9.78. The second kappa shape index (κ2) is 8.93. The van der Waals surface area contributed by atoms with E-state index in [1.54, 1.807) is 0 Å². The molecule has 1 rings (SSSR count). The van der Waals surface area contributed by atoms with Gasteiger partial charge in [-0.2, -0.15) is 0 Å². The Kier molecular flexibility index (Phi) is 7.76. The molecule has 96 valence electrons. The highest BCUT2D eigenvalue weighted by Crippen LogP contribution is 2.07. The minimum Gasteiger partial charge on any atom is -0.390 e. The van der Waals surface area contributed by atoms with E-state index in [2.05, 4.69) is 10.2 Å². The fourth-order valence-electron chi connectivity index (χ4n) is 2.04. The average Bonchev–Trinajstić information content (AvgIpc) is 2.76. The smallest absolute Gasteiger partial charge is 0.0791 e. The highest BCUT2D eigenvalue weighted by atomic mass is 16.5. The zero-order valence-corrected chi connectivity index (χ0v) is 10.5.